The van der Waals surface area contributed by atoms with E-state index in [1.807, 2.05) is 48.5 Å². The Morgan fingerprint density at radius 1 is 1.00 bits per heavy atom. The molecular formula is C20H19NO2S. The number of benzene rings is 1. The molecule has 122 valence electrons. The van der Waals surface area contributed by atoms with Gasteiger partial charge in [0.15, 0.2) is 6.10 Å². The van der Waals surface area contributed by atoms with Gasteiger partial charge in [-0.05, 0) is 42.0 Å². The molecule has 4 heteroatoms. The van der Waals surface area contributed by atoms with Crippen LogP contribution >= 0.6 is 11.3 Å². The van der Waals surface area contributed by atoms with Gasteiger partial charge in [-0.1, -0.05) is 36.4 Å². The molecule has 0 radical (unpaired) electrons. The lowest BCUT2D eigenvalue weighted by molar-refractivity contribution is -0.147. The number of pyridine rings is 1. The van der Waals surface area contributed by atoms with Gasteiger partial charge in [-0.3, -0.25) is 9.78 Å². The molecule has 0 saturated carbocycles. The van der Waals surface area contributed by atoms with Crippen molar-refractivity contribution in [3.8, 4) is 0 Å². The van der Waals surface area contributed by atoms with Crippen molar-refractivity contribution in [2.45, 2.75) is 25.4 Å². The Hall–Kier alpha value is -2.46. The number of carbonyl (C=O) groups is 1. The van der Waals surface area contributed by atoms with Crippen LogP contribution in [0.5, 0.6) is 0 Å². The minimum absolute atomic E-state index is 0.169. The average Bonchev–Trinajstić information content (AvgIpc) is 3.15. The summed E-state index contributed by atoms with van der Waals surface area (Å²) in [7, 11) is 0. The number of nitrogens with zero attached hydrogens (tertiary/aromatic N) is 1. The first-order valence-corrected chi connectivity index (χ1v) is 8.87. The van der Waals surface area contributed by atoms with Crippen molar-refractivity contribution in [3.63, 3.8) is 0 Å². The molecule has 24 heavy (non-hydrogen) atoms. The van der Waals surface area contributed by atoms with Crippen LogP contribution in [0.25, 0.3) is 0 Å². The maximum Gasteiger partial charge on any atom is 0.306 e. The summed E-state index contributed by atoms with van der Waals surface area (Å²) < 4.78 is 5.78. The van der Waals surface area contributed by atoms with Crippen molar-refractivity contribution in [1.29, 1.82) is 0 Å². The third kappa shape index (κ3) is 4.52. The van der Waals surface area contributed by atoms with Crippen molar-refractivity contribution in [3.05, 3.63) is 88.4 Å². The summed E-state index contributed by atoms with van der Waals surface area (Å²) in [5.74, 6) is -0.169. The average molecular weight is 337 g/mol. The second kappa shape index (κ2) is 8.41. The molecule has 2 heterocycles. The van der Waals surface area contributed by atoms with Gasteiger partial charge in [0.25, 0.3) is 0 Å². The van der Waals surface area contributed by atoms with Crippen LogP contribution in [0.3, 0.4) is 0 Å². The molecule has 3 rings (SSSR count). The fourth-order valence-electron chi connectivity index (χ4n) is 2.55. The fourth-order valence-corrected chi connectivity index (χ4v) is 3.30. The zero-order chi connectivity index (χ0) is 16.6. The van der Waals surface area contributed by atoms with Crippen molar-refractivity contribution >= 4 is 17.3 Å². The third-order valence-electron chi connectivity index (χ3n) is 3.74. The highest BCUT2D eigenvalue weighted by atomic mass is 32.1. The fraction of sp³-hybridized carbons (Fsp3) is 0.200. The van der Waals surface area contributed by atoms with Gasteiger partial charge in [0.2, 0.25) is 0 Å². The standard InChI is InChI=1S/C20H19NO2S/c22-19(10-4-8-18-9-5-15-24-18)23-20(16-6-2-1-3-7-16)17-11-13-21-14-12-17/h1-3,5-7,9,11-15,20H,4,8,10H2. The third-order valence-corrected chi connectivity index (χ3v) is 4.68. The zero-order valence-electron chi connectivity index (χ0n) is 13.3. The predicted molar refractivity (Wildman–Crippen MR) is 95.9 cm³/mol. The number of rotatable bonds is 7. The van der Waals surface area contributed by atoms with E-state index in [2.05, 4.69) is 16.4 Å². The first-order valence-electron chi connectivity index (χ1n) is 7.99. The number of esters is 1. The first kappa shape index (κ1) is 16.4. The van der Waals surface area contributed by atoms with Gasteiger partial charge in [0.1, 0.15) is 0 Å². The molecule has 0 bridgehead atoms. The minimum atomic E-state index is -0.386. The van der Waals surface area contributed by atoms with E-state index in [1.54, 1.807) is 23.7 Å². The summed E-state index contributed by atoms with van der Waals surface area (Å²) in [4.78, 5) is 17.6. The van der Waals surface area contributed by atoms with Crippen LogP contribution in [-0.4, -0.2) is 11.0 Å². The largest absolute Gasteiger partial charge is 0.453 e. The number of ether oxygens (including phenoxy) is 1. The second-order valence-electron chi connectivity index (χ2n) is 5.49. The molecule has 0 saturated heterocycles. The van der Waals surface area contributed by atoms with Crippen LogP contribution in [0.4, 0.5) is 0 Å². The maximum atomic E-state index is 12.3. The van der Waals surface area contributed by atoms with Crippen LogP contribution in [0.1, 0.15) is 34.9 Å². The number of thiophene rings is 1. The lowest BCUT2D eigenvalue weighted by Gasteiger charge is -2.18. The molecule has 3 aromatic rings. The Bertz CT molecular complexity index is 702. The second-order valence-corrected chi connectivity index (χ2v) is 6.53. The van der Waals surface area contributed by atoms with Crippen LogP contribution in [0, 0.1) is 0 Å². The van der Waals surface area contributed by atoms with Crippen LogP contribution in [0.15, 0.2) is 72.4 Å². The van der Waals surface area contributed by atoms with Gasteiger partial charge in [0, 0.05) is 29.3 Å². The summed E-state index contributed by atoms with van der Waals surface area (Å²) in [6.07, 6.45) is 5.19. The molecule has 0 amide bonds. The summed E-state index contributed by atoms with van der Waals surface area (Å²) >= 11 is 1.72. The number of hydrogen-bond acceptors (Lipinski definition) is 4. The smallest absolute Gasteiger partial charge is 0.306 e. The summed E-state index contributed by atoms with van der Waals surface area (Å²) in [6.45, 7) is 0. The maximum absolute atomic E-state index is 12.3. The molecule has 3 nitrogen and oxygen atoms in total. The van der Waals surface area contributed by atoms with Gasteiger partial charge in [-0.25, -0.2) is 0 Å². The molecule has 0 spiro atoms. The quantitative estimate of drug-likeness (QED) is 0.581. The van der Waals surface area contributed by atoms with E-state index in [4.69, 9.17) is 4.74 Å². The molecule has 0 fully saturated rings. The van der Waals surface area contributed by atoms with E-state index in [1.165, 1.54) is 4.88 Å². The highest BCUT2D eigenvalue weighted by Gasteiger charge is 2.18. The molecule has 0 aliphatic carbocycles. The van der Waals surface area contributed by atoms with Gasteiger partial charge in [-0.15, -0.1) is 11.3 Å². The molecule has 0 N–H and O–H groups in total. The SMILES string of the molecule is O=C(CCCc1cccs1)OC(c1ccccc1)c1ccncc1. The highest BCUT2D eigenvalue weighted by Crippen LogP contribution is 2.26. The number of hydrogen-bond donors (Lipinski definition) is 0. The van der Waals surface area contributed by atoms with E-state index in [0.717, 1.165) is 24.0 Å². The topological polar surface area (TPSA) is 39.2 Å². The van der Waals surface area contributed by atoms with Crippen molar-refractivity contribution in [2.24, 2.45) is 0 Å². The van der Waals surface area contributed by atoms with Gasteiger partial charge in [0.05, 0.1) is 0 Å². The normalized spacial score (nSPS) is 11.8. The lowest BCUT2D eigenvalue weighted by atomic mass is 10.0. The molecule has 1 atom stereocenters. The van der Waals surface area contributed by atoms with E-state index >= 15 is 0 Å². The van der Waals surface area contributed by atoms with E-state index < -0.39 is 0 Å². The number of carbonyl (C=O) groups excluding carboxylic acids is 1. The van der Waals surface area contributed by atoms with Crippen LogP contribution in [-0.2, 0) is 16.0 Å². The molecule has 1 aromatic carbocycles. The number of aryl methyl sites for hydroxylation is 1. The zero-order valence-corrected chi connectivity index (χ0v) is 14.1. The Labute approximate surface area is 146 Å². The number of aromatic nitrogens is 1. The lowest BCUT2D eigenvalue weighted by Crippen LogP contribution is -2.13. The molecule has 2 aromatic heterocycles. The Kier molecular flexibility index (Phi) is 5.75. The van der Waals surface area contributed by atoms with Crippen LogP contribution in [0.2, 0.25) is 0 Å². The van der Waals surface area contributed by atoms with Gasteiger partial charge >= 0.3 is 5.97 Å². The predicted octanol–water partition coefficient (Wildman–Crippen LogP) is 4.80. The van der Waals surface area contributed by atoms with E-state index in [9.17, 15) is 4.79 Å². The van der Waals surface area contributed by atoms with E-state index in [0.29, 0.717) is 6.42 Å². The summed E-state index contributed by atoms with van der Waals surface area (Å²) in [5.41, 5.74) is 1.90. The molecule has 0 aliphatic heterocycles. The molecule has 1 unspecified atom stereocenters. The van der Waals surface area contributed by atoms with Gasteiger partial charge < -0.3 is 4.74 Å². The Balaban J connectivity index is 1.64. The highest BCUT2D eigenvalue weighted by molar-refractivity contribution is 7.09. The van der Waals surface area contributed by atoms with Crippen molar-refractivity contribution in [1.82, 2.24) is 4.98 Å². The summed E-state index contributed by atoms with van der Waals surface area (Å²) in [6, 6.07) is 17.7. The Morgan fingerprint density at radius 2 is 1.75 bits per heavy atom. The Morgan fingerprint density at radius 3 is 2.46 bits per heavy atom. The monoisotopic (exact) mass is 337 g/mol. The van der Waals surface area contributed by atoms with Crippen molar-refractivity contribution in [2.75, 3.05) is 0 Å². The van der Waals surface area contributed by atoms with Crippen LogP contribution < -0.4 is 0 Å². The minimum Gasteiger partial charge on any atom is -0.453 e. The van der Waals surface area contributed by atoms with E-state index in [-0.39, 0.29) is 12.1 Å². The first-order chi connectivity index (χ1) is 11.8. The van der Waals surface area contributed by atoms with Gasteiger partial charge in [-0.2, -0.15) is 0 Å². The van der Waals surface area contributed by atoms with Crippen molar-refractivity contribution < 1.29 is 9.53 Å². The molecule has 0 aliphatic rings. The molecular weight excluding hydrogens is 318 g/mol. The summed E-state index contributed by atoms with van der Waals surface area (Å²) in [5, 5.41) is 2.06.